The van der Waals surface area contributed by atoms with Crippen LogP contribution in [-0.2, 0) is 0 Å². The van der Waals surface area contributed by atoms with E-state index in [1.807, 2.05) is 43.1 Å². The molecular formula is C18H21ClN2O4. The molecule has 7 heteroatoms. The lowest BCUT2D eigenvalue weighted by molar-refractivity contribution is -0.384. The highest BCUT2D eigenvalue weighted by Crippen LogP contribution is 2.22. The molecule has 0 saturated heterocycles. The Balaban J connectivity index is 1.86. The molecule has 2 aromatic carbocycles. The third-order valence-electron chi connectivity index (χ3n) is 3.98. The number of halogens is 1. The van der Waals surface area contributed by atoms with Gasteiger partial charge in [0.1, 0.15) is 18.5 Å². The van der Waals surface area contributed by atoms with Gasteiger partial charge in [-0.15, -0.1) is 0 Å². The summed E-state index contributed by atoms with van der Waals surface area (Å²) in [7, 11) is 1.91. The van der Waals surface area contributed by atoms with Crippen LogP contribution in [0.2, 0.25) is 5.02 Å². The van der Waals surface area contributed by atoms with E-state index in [1.54, 1.807) is 12.1 Å². The van der Waals surface area contributed by atoms with Crippen molar-refractivity contribution in [2.24, 2.45) is 0 Å². The maximum absolute atomic E-state index is 10.8. The number of aliphatic hydroxyl groups excluding tert-OH is 1. The molecule has 25 heavy (non-hydrogen) atoms. The molecule has 0 saturated carbocycles. The van der Waals surface area contributed by atoms with E-state index >= 15 is 0 Å². The Kier molecular flexibility index (Phi) is 6.75. The number of non-ortho nitro benzene ring substituents is 1. The second-order valence-electron chi connectivity index (χ2n) is 5.89. The van der Waals surface area contributed by atoms with Crippen molar-refractivity contribution in [3.8, 4) is 5.75 Å². The normalized spacial score (nSPS) is 13.5. The topological polar surface area (TPSA) is 75.8 Å². The first-order chi connectivity index (χ1) is 11.9. The predicted molar refractivity (Wildman–Crippen MR) is 97.1 cm³/mol. The van der Waals surface area contributed by atoms with Crippen molar-refractivity contribution < 1.29 is 14.8 Å². The fraction of sp³-hybridized carbons (Fsp3) is 0.333. The summed E-state index contributed by atoms with van der Waals surface area (Å²) in [6.07, 6.45) is -0.723. The second kappa shape index (κ2) is 8.80. The van der Waals surface area contributed by atoms with Crippen molar-refractivity contribution in [3.63, 3.8) is 0 Å². The van der Waals surface area contributed by atoms with Crippen LogP contribution in [0.25, 0.3) is 0 Å². The van der Waals surface area contributed by atoms with Gasteiger partial charge in [0.05, 0.1) is 11.0 Å². The third-order valence-corrected chi connectivity index (χ3v) is 4.24. The zero-order valence-electron chi connectivity index (χ0n) is 14.1. The first kappa shape index (κ1) is 19.2. The predicted octanol–water partition coefficient (Wildman–Crippen LogP) is 3.68. The smallest absolute Gasteiger partial charge is 0.273 e. The summed E-state index contributed by atoms with van der Waals surface area (Å²) in [5.41, 5.74) is 1.05. The van der Waals surface area contributed by atoms with Gasteiger partial charge >= 0.3 is 0 Å². The van der Waals surface area contributed by atoms with Gasteiger partial charge < -0.3 is 9.84 Å². The summed E-state index contributed by atoms with van der Waals surface area (Å²) >= 11 is 5.90. The molecule has 2 rings (SSSR count). The zero-order valence-corrected chi connectivity index (χ0v) is 14.9. The molecule has 2 unspecified atom stereocenters. The van der Waals surface area contributed by atoms with Crippen LogP contribution in [-0.4, -0.2) is 41.2 Å². The van der Waals surface area contributed by atoms with E-state index < -0.39 is 11.0 Å². The first-order valence-corrected chi connectivity index (χ1v) is 8.25. The maximum Gasteiger partial charge on any atom is 0.273 e. The Hall–Kier alpha value is -2.15. The molecule has 6 nitrogen and oxygen atoms in total. The van der Waals surface area contributed by atoms with Crippen LogP contribution in [0.5, 0.6) is 5.75 Å². The second-order valence-corrected chi connectivity index (χ2v) is 6.32. The molecule has 0 aliphatic heterocycles. The fourth-order valence-corrected chi connectivity index (χ4v) is 2.54. The number of hydrogen-bond acceptors (Lipinski definition) is 5. The van der Waals surface area contributed by atoms with Gasteiger partial charge in [0.2, 0.25) is 0 Å². The first-order valence-electron chi connectivity index (χ1n) is 7.88. The number of aliphatic hydroxyl groups is 1. The highest BCUT2D eigenvalue weighted by molar-refractivity contribution is 6.30. The number of rotatable bonds is 8. The summed E-state index contributed by atoms with van der Waals surface area (Å²) < 4.78 is 5.46. The summed E-state index contributed by atoms with van der Waals surface area (Å²) in [5, 5.41) is 21.6. The van der Waals surface area contributed by atoms with Gasteiger partial charge in [0.15, 0.2) is 0 Å². The molecule has 0 fully saturated rings. The third kappa shape index (κ3) is 5.70. The molecule has 0 aromatic heterocycles. The van der Waals surface area contributed by atoms with Crippen LogP contribution in [0.15, 0.2) is 48.5 Å². The minimum Gasteiger partial charge on any atom is -0.491 e. The van der Waals surface area contributed by atoms with E-state index in [1.165, 1.54) is 12.1 Å². The van der Waals surface area contributed by atoms with E-state index in [-0.39, 0.29) is 18.3 Å². The van der Waals surface area contributed by atoms with E-state index in [0.717, 1.165) is 5.56 Å². The summed E-state index contributed by atoms with van der Waals surface area (Å²) in [5.74, 6) is 0.363. The fourth-order valence-electron chi connectivity index (χ4n) is 2.42. The van der Waals surface area contributed by atoms with Gasteiger partial charge in [-0.1, -0.05) is 29.8 Å². The Labute approximate surface area is 151 Å². The van der Waals surface area contributed by atoms with Crippen molar-refractivity contribution >= 4 is 17.3 Å². The SMILES string of the molecule is CC(c1ccc(Cl)cc1)N(C)CC(O)COc1cccc([N+](=O)[O-])c1. The van der Waals surface area contributed by atoms with Crippen LogP contribution < -0.4 is 4.74 Å². The van der Waals surface area contributed by atoms with Crippen molar-refractivity contribution in [1.29, 1.82) is 0 Å². The van der Waals surface area contributed by atoms with Crippen LogP contribution in [0.3, 0.4) is 0 Å². The van der Waals surface area contributed by atoms with Crippen molar-refractivity contribution in [2.75, 3.05) is 20.2 Å². The Morgan fingerprint density at radius 3 is 2.60 bits per heavy atom. The standard InChI is InChI=1S/C18H21ClN2O4/c1-13(14-6-8-15(19)9-7-14)20(2)11-17(22)12-25-18-5-3-4-16(10-18)21(23)24/h3-10,13,17,22H,11-12H2,1-2H3. The van der Waals surface area contributed by atoms with Gasteiger partial charge in [-0.2, -0.15) is 0 Å². The van der Waals surface area contributed by atoms with Gasteiger partial charge in [-0.25, -0.2) is 0 Å². The molecule has 2 atom stereocenters. The molecule has 0 spiro atoms. The number of likely N-dealkylation sites (N-methyl/N-ethyl adjacent to an activating group) is 1. The maximum atomic E-state index is 10.8. The van der Waals surface area contributed by atoms with Crippen molar-refractivity contribution in [1.82, 2.24) is 4.90 Å². The summed E-state index contributed by atoms with van der Waals surface area (Å²) in [4.78, 5) is 12.3. The quantitative estimate of drug-likeness (QED) is 0.571. The van der Waals surface area contributed by atoms with Crippen molar-refractivity contribution in [3.05, 3.63) is 69.2 Å². The lowest BCUT2D eigenvalue weighted by Gasteiger charge is -2.27. The number of nitro groups is 1. The zero-order chi connectivity index (χ0) is 18.4. The number of nitrogens with zero attached hydrogens (tertiary/aromatic N) is 2. The Morgan fingerprint density at radius 2 is 1.96 bits per heavy atom. The molecular weight excluding hydrogens is 344 g/mol. The minimum absolute atomic E-state index is 0.0412. The molecule has 0 heterocycles. The van der Waals surface area contributed by atoms with Gasteiger partial charge in [0.25, 0.3) is 5.69 Å². The highest BCUT2D eigenvalue weighted by atomic mass is 35.5. The lowest BCUT2D eigenvalue weighted by atomic mass is 10.1. The van der Waals surface area contributed by atoms with E-state index in [2.05, 4.69) is 0 Å². The highest BCUT2D eigenvalue weighted by Gasteiger charge is 2.16. The van der Waals surface area contributed by atoms with E-state index in [4.69, 9.17) is 16.3 Å². The minimum atomic E-state index is -0.723. The average Bonchev–Trinajstić information content (AvgIpc) is 2.60. The van der Waals surface area contributed by atoms with Crippen LogP contribution >= 0.6 is 11.6 Å². The van der Waals surface area contributed by atoms with Crippen molar-refractivity contribution in [2.45, 2.75) is 19.1 Å². The molecule has 0 aliphatic rings. The Morgan fingerprint density at radius 1 is 1.28 bits per heavy atom. The van der Waals surface area contributed by atoms with Crippen LogP contribution in [0.4, 0.5) is 5.69 Å². The summed E-state index contributed by atoms with van der Waals surface area (Å²) in [6.45, 7) is 2.49. The van der Waals surface area contributed by atoms with Crippen LogP contribution in [0.1, 0.15) is 18.5 Å². The largest absolute Gasteiger partial charge is 0.491 e. The molecule has 0 bridgehead atoms. The number of nitro benzene ring substituents is 1. The van der Waals surface area contributed by atoms with Gasteiger partial charge in [-0.3, -0.25) is 15.0 Å². The molecule has 0 amide bonds. The molecule has 1 N–H and O–H groups in total. The molecule has 0 radical (unpaired) electrons. The van der Waals surface area contributed by atoms with E-state index in [9.17, 15) is 15.2 Å². The summed E-state index contributed by atoms with van der Waals surface area (Å²) in [6, 6.07) is 13.6. The van der Waals surface area contributed by atoms with Gasteiger partial charge in [-0.05, 0) is 37.7 Å². The number of hydrogen-bond donors (Lipinski definition) is 1. The number of ether oxygens (including phenoxy) is 1. The van der Waals surface area contributed by atoms with Crippen LogP contribution in [0, 0.1) is 10.1 Å². The van der Waals surface area contributed by atoms with Gasteiger partial charge in [0, 0.05) is 23.7 Å². The Bertz CT molecular complexity index is 708. The average molecular weight is 365 g/mol. The molecule has 134 valence electrons. The number of benzene rings is 2. The molecule has 0 aliphatic carbocycles. The monoisotopic (exact) mass is 364 g/mol. The molecule has 2 aromatic rings. The van der Waals surface area contributed by atoms with E-state index in [0.29, 0.717) is 17.3 Å². The lowest BCUT2D eigenvalue weighted by Crippen LogP contribution is -2.34.